The van der Waals surface area contributed by atoms with Gasteiger partial charge in [0, 0.05) is 12.1 Å². The highest BCUT2D eigenvalue weighted by atomic mass is 32.2. The number of rotatable bonds is 4. The number of sulfonamides is 1. The van der Waals surface area contributed by atoms with Crippen LogP contribution in [0.3, 0.4) is 0 Å². The van der Waals surface area contributed by atoms with E-state index in [1.807, 2.05) is 0 Å². The van der Waals surface area contributed by atoms with Gasteiger partial charge in [-0.05, 0) is 30.7 Å². The molecule has 124 valence electrons. The number of hydrogen-bond donors (Lipinski definition) is 3. The smallest absolute Gasteiger partial charge is 0.306 e. The fourth-order valence-corrected chi connectivity index (χ4v) is 3.43. The Bertz CT molecular complexity index is 1110. The van der Waals surface area contributed by atoms with Crippen molar-refractivity contribution in [2.75, 3.05) is 4.72 Å². The minimum Gasteiger partial charge on any atom is -0.306 e. The number of fused-ring (bicyclic) bond motifs is 1. The summed E-state index contributed by atoms with van der Waals surface area (Å²) in [6.07, 6.45) is 0. The molecule has 3 aromatic rings. The molecular weight excluding hydrogens is 336 g/mol. The van der Waals surface area contributed by atoms with E-state index in [4.69, 9.17) is 0 Å². The molecule has 3 rings (SSSR count). The van der Waals surface area contributed by atoms with Crippen molar-refractivity contribution in [2.45, 2.75) is 11.8 Å². The lowest BCUT2D eigenvalue weighted by atomic mass is 10.2. The Morgan fingerprint density at radius 3 is 2.46 bits per heavy atom. The topological polar surface area (TPSA) is 138 Å². The number of aryl methyl sites for hydroxylation is 1. The van der Waals surface area contributed by atoms with Crippen molar-refractivity contribution in [1.29, 1.82) is 0 Å². The average Bonchev–Trinajstić information content (AvgIpc) is 2.86. The van der Waals surface area contributed by atoms with Gasteiger partial charge in [-0.25, -0.2) is 13.2 Å². The van der Waals surface area contributed by atoms with E-state index in [1.54, 1.807) is 13.0 Å². The molecule has 1 aromatic heterocycles. The van der Waals surface area contributed by atoms with Gasteiger partial charge in [0.2, 0.25) is 0 Å². The number of benzene rings is 2. The summed E-state index contributed by atoms with van der Waals surface area (Å²) in [4.78, 5) is 26.3. The van der Waals surface area contributed by atoms with E-state index in [-0.39, 0.29) is 16.3 Å². The molecule has 3 N–H and O–H groups in total. The van der Waals surface area contributed by atoms with Crippen LogP contribution in [0.2, 0.25) is 0 Å². The molecule has 0 amide bonds. The van der Waals surface area contributed by atoms with Crippen LogP contribution in [0.5, 0.6) is 0 Å². The van der Waals surface area contributed by atoms with Crippen molar-refractivity contribution >= 4 is 32.4 Å². The molecule has 0 saturated heterocycles. The van der Waals surface area contributed by atoms with Gasteiger partial charge in [-0.3, -0.25) is 14.8 Å². The molecule has 0 fully saturated rings. The van der Waals surface area contributed by atoms with E-state index in [0.717, 1.165) is 6.07 Å². The lowest BCUT2D eigenvalue weighted by molar-refractivity contribution is -0.385. The molecule has 0 aliphatic carbocycles. The fourth-order valence-electron chi connectivity index (χ4n) is 2.27. The Kier molecular flexibility index (Phi) is 3.60. The average molecular weight is 348 g/mol. The van der Waals surface area contributed by atoms with E-state index in [9.17, 15) is 23.3 Å². The zero-order chi connectivity index (χ0) is 17.5. The first-order chi connectivity index (χ1) is 11.3. The number of nitrogens with one attached hydrogen (secondary N) is 3. The summed E-state index contributed by atoms with van der Waals surface area (Å²) in [7, 11) is -4.01. The van der Waals surface area contributed by atoms with Crippen molar-refractivity contribution < 1.29 is 13.3 Å². The molecule has 0 radical (unpaired) electrons. The summed E-state index contributed by atoms with van der Waals surface area (Å²) in [5.41, 5.74) is 1.14. The van der Waals surface area contributed by atoms with Gasteiger partial charge in [0.1, 0.15) is 0 Å². The molecule has 0 bridgehead atoms. The van der Waals surface area contributed by atoms with Crippen LogP contribution in [-0.4, -0.2) is 23.3 Å². The number of anilines is 1. The number of aromatic nitrogens is 2. The van der Waals surface area contributed by atoms with E-state index in [1.165, 1.54) is 24.3 Å². The largest absolute Gasteiger partial charge is 0.323 e. The number of aromatic amines is 2. The highest BCUT2D eigenvalue weighted by Crippen LogP contribution is 2.25. The standard InChI is InChI=1S/C14H12N4O5S/c1-8-5-12-13(16-14(19)15-12)7-11(8)17-24(22,23)10-4-2-3-9(6-10)18(20)21/h2-7,17H,1H3,(H2,15,16,19). The Hall–Kier alpha value is -3.14. The van der Waals surface area contributed by atoms with E-state index < -0.39 is 20.6 Å². The van der Waals surface area contributed by atoms with E-state index in [0.29, 0.717) is 16.6 Å². The SMILES string of the molecule is Cc1cc2[nH]c(=O)[nH]c2cc1NS(=O)(=O)c1cccc([N+](=O)[O-])c1. The fraction of sp³-hybridized carbons (Fsp3) is 0.0714. The maximum absolute atomic E-state index is 12.5. The number of imidazole rings is 1. The van der Waals surface area contributed by atoms with Crippen molar-refractivity contribution in [2.24, 2.45) is 0 Å². The van der Waals surface area contributed by atoms with Gasteiger partial charge in [0.15, 0.2) is 0 Å². The Morgan fingerprint density at radius 1 is 1.12 bits per heavy atom. The Morgan fingerprint density at radius 2 is 1.79 bits per heavy atom. The number of nitrogens with zero attached hydrogens (tertiary/aromatic N) is 1. The number of nitro groups is 1. The van der Waals surface area contributed by atoms with Crippen LogP contribution in [0.4, 0.5) is 11.4 Å². The maximum Gasteiger partial charge on any atom is 0.323 e. The van der Waals surface area contributed by atoms with Crippen LogP contribution in [0.15, 0.2) is 46.1 Å². The highest BCUT2D eigenvalue weighted by molar-refractivity contribution is 7.92. The van der Waals surface area contributed by atoms with E-state index >= 15 is 0 Å². The van der Waals surface area contributed by atoms with Gasteiger partial charge in [0.05, 0.1) is 26.5 Å². The van der Waals surface area contributed by atoms with Crippen LogP contribution in [-0.2, 0) is 10.0 Å². The Labute approximate surface area is 135 Å². The monoisotopic (exact) mass is 348 g/mol. The van der Waals surface area contributed by atoms with Gasteiger partial charge >= 0.3 is 5.69 Å². The first kappa shape index (κ1) is 15.7. The lowest BCUT2D eigenvalue weighted by Crippen LogP contribution is -2.14. The van der Waals surface area contributed by atoms with E-state index in [2.05, 4.69) is 14.7 Å². The van der Waals surface area contributed by atoms with Crippen LogP contribution in [0, 0.1) is 17.0 Å². The van der Waals surface area contributed by atoms with Gasteiger partial charge in [-0.15, -0.1) is 0 Å². The second-order valence-corrected chi connectivity index (χ2v) is 6.83. The predicted molar refractivity (Wildman–Crippen MR) is 87.6 cm³/mol. The quantitative estimate of drug-likeness (QED) is 0.488. The van der Waals surface area contributed by atoms with Crippen molar-refractivity contribution in [3.05, 3.63) is 62.6 Å². The molecule has 0 spiro atoms. The molecule has 2 aromatic carbocycles. The summed E-state index contributed by atoms with van der Waals surface area (Å²) >= 11 is 0. The number of H-pyrrole nitrogens is 2. The summed E-state index contributed by atoms with van der Waals surface area (Å²) in [5, 5.41) is 10.8. The lowest BCUT2D eigenvalue weighted by Gasteiger charge is -2.10. The molecule has 0 aliphatic heterocycles. The summed E-state index contributed by atoms with van der Waals surface area (Å²) in [5.74, 6) is 0. The third-order valence-corrected chi connectivity index (χ3v) is 4.81. The molecule has 0 unspecified atom stereocenters. The zero-order valence-electron chi connectivity index (χ0n) is 12.4. The summed E-state index contributed by atoms with van der Waals surface area (Å²) in [6, 6.07) is 7.86. The van der Waals surface area contributed by atoms with Crippen LogP contribution in [0.1, 0.15) is 5.56 Å². The van der Waals surface area contributed by atoms with Crippen LogP contribution in [0.25, 0.3) is 11.0 Å². The van der Waals surface area contributed by atoms with Crippen molar-refractivity contribution in [3.8, 4) is 0 Å². The molecular formula is C14H12N4O5S. The number of non-ortho nitro benzene ring substituents is 1. The third-order valence-electron chi connectivity index (χ3n) is 3.44. The van der Waals surface area contributed by atoms with Gasteiger partial charge in [0.25, 0.3) is 15.7 Å². The number of nitro benzene ring substituents is 1. The normalized spacial score (nSPS) is 11.5. The zero-order valence-corrected chi connectivity index (χ0v) is 13.2. The van der Waals surface area contributed by atoms with Gasteiger partial charge in [-0.2, -0.15) is 0 Å². The number of hydrogen-bond acceptors (Lipinski definition) is 5. The van der Waals surface area contributed by atoms with Gasteiger partial charge < -0.3 is 9.97 Å². The molecule has 24 heavy (non-hydrogen) atoms. The minimum atomic E-state index is -4.01. The summed E-state index contributed by atoms with van der Waals surface area (Å²) < 4.78 is 27.3. The summed E-state index contributed by atoms with van der Waals surface area (Å²) in [6.45, 7) is 1.68. The molecule has 0 atom stereocenters. The predicted octanol–water partition coefficient (Wildman–Crippen LogP) is 1.87. The minimum absolute atomic E-state index is 0.223. The van der Waals surface area contributed by atoms with Crippen LogP contribution >= 0.6 is 0 Å². The van der Waals surface area contributed by atoms with Crippen molar-refractivity contribution in [3.63, 3.8) is 0 Å². The van der Waals surface area contributed by atoms with Crippen molar-refractivity contribution in [1.82, 2.24) is 9.97 Å². The molecule has 1 heterocycles. The first-order valence-corrected chi connectivity index (χ1v) is 8.24. The Balaban J connectivity index is 2.03. The third kappa shape index (κ3) is 2.86. The second-order valence-electron chi connectivity index (χ2n) is 5.15. The highest BCUT2D eigenvalue weighted by Gasteiger charge is 2.19. The molecule has 10 heteroatoms. The van der Waals surface area contributed by atoms with Gasteiger partial charge in [-0.1, -0.05) is 6.07 Å². The maximum atomic E-state index is 12.5. The molecule has 0 aliphatic rings. The molecule has 0 saturated carbocycles. The molecule has 9 nitrogen and oxygen atoms in total. The second kappa shape index (κ2) is 5.49. The van der Waals surface area contributed by atoms with Crippen LogP contribution < -0.4 is 10.4 Å². The first-order valence-electron chi connectivity index (χ1n) is 6.76.